The van der Waals surface area contributed by atoms with E-state index >= 15 is 0 Å². The lowest BCUT2D eigenvalue weighted by atomic mass is 10.1. The maximum Gasteiger partial charge on any atom is 0.255 e. The molecule has 1 amide bonds. The summed E-state index contributed by atoms with van der Waals surface area (Å²) in [7, 11) is 0. The van der Waals surface area contributed by atoms with Crippen molar-refractivity contribution in [1.82, 2.24) is 10.6 Å². The minimum atomic E-state index is -0.718. The van der Waals surface area contributed by atoms with E-state index in [1.165, 1.54) is 0 Å². The van der Waals surface area contributed by atoms with Gasteiger partial charge in [-0.05, 0) is 56.2 Å². The van der Waals surface area contributed by atoms with Crippen LogP contribution in [0.5, 0.6) is 11.5 Å². The molecule has 176 valence electrons. The van der Waals surface area contributed by atoms with Gasteiger partial charge in [0.05, 0.1) is 18.8 Å². The van der Waals surface area contributed by atoms with Gasteiger partial charge in [-0.15, -0.1) is 24.0 Å². The molecule has 2 aromatic carbocycles. The molecule has 5 N–H and O–H groups in total. The third-order valence-electron chi connectivity index (χ3n) is 4.12. The van der Waals surface area contributed by atoms with Crippen molar-refractivity contribution < 1.29 is 19.4 Å². The predicted octanol–water partition coefficient (Wildman–Crippen LogP) is 2.74. The Labute approximate surface area is 206 Å². The van der Waals surface area contributed by atoms with Crippen LogP contribution < -0.4 is 25.8 Å². The van der Waals surface area contributed by atoms with Gasteiger partial charge in [-0.1, -0.05) is 24.3 Å². The van der Waals surface area contributed by atoms with Crippen LogP contribution >= 0.6 is 24.0 Å². The Balaban J connectivity index is 0.00000512. The van der Waals surface area contributed by atoms with E-state index in [1.807, 2.05) is 63.2 Å². The van der Waals surface area contributed by atoms with E-state index in [0.29, 0.717) is 31.3 Å². The smallest absolute Gasteiger partial charge is 0.255 e. The summed E-state index contributed by atoms with van der Waals surface area (Å²) >= 11 is 0. The highest BCUT2D eigenvalue weighted by molar-refractivity contribution is 14.0. The van der Waals surface area contributed by atoms with Crippen LogP contribution in [0.1, 0.15) is 38.0 Å². The maximum atomic E-state index is 10.9. The van der Waals surface area contributed by atoms with Gasteiger partial charge < -0.3 is 30.9 Å². The van der Waals surface area contributed by atoms with Crippen molar-refractivity contribution in [2.75, 3.05) is 19.7 Å². The van der Waals surface area contributed by atoms with E-state index in [4.69, 9.17) is 15.2 Å². The number of amides is 1. The number of rotatable bonds is 11. The summed E-state index contributed by atoms with van der Waals surface area (Å²) in [4.78, 5) is 15.4. The Morgan fingerprint density at radius 2 is 1.84 bits per heavy atom. The fourth-order valence-corrected chi connectivity index (χ4v) is 2.78. The van der Waals surface area contributed by atoms with Crippen molar-refractivity contribution in [2.24, 2.45) is 10.7 Å². The fraction of sp³-hybridized carbons (Fsp3) is 0.391. The van der Waals surface area contributed by atoms with Crippen molar-refractivity contribution >= 4 is 35.8 Å². The first kappa shape index (κ1) is 27.5. The van der Waals surface area contributed by atoms with Crippen molar-refractivity contribution in [1.29, 1.82) is 0 Å². The summed E-state index contributed by atoms with van der Waals surface area (Å²) in [6.07, 6.45) is -0.650. The predicted molar refractivity (Wildman–Crippen MR) is 137 cm³/mol. The van der Waals surface area contributed by atoms with Crippen molar-refractivity contribution in [3.05, 3.63) is 59.7 Å². The fourth-order valence-electron chi connectivity index (χ4n) is 2.78. The van der Waals surface area contributed by atoms with Gasteiger partial charge in [0.1, 0.15) is 11.5 Å². The number of aliphatic hydroxyl groups is 1. The molecule has 1 unspecified atom stereocenters. The largest absolute Gasteiger partial charge is 0.491 e. The van der Waals surface area contributed by atoms with Crippen molar-refractivity contribution in [3.8, 4) is 11.5 Å². The maximum absolute atomic E-state index is 10.9. The standard InChI is InChI=1S/C23H32N4O4.HI/c1-4-25-23(26-13-17-7-5-9-19(11-17)30-15-22(24)29)27-14-21(28)18-8-6-10-20(12-18)31-16(2)3;/h5-12,16,21,28H,4,13-15H2,1-3H3,(H2,24,29)(H2,25,26,27);1H. The Morgan fingerprint density at radius 1 is 1.12 bits per heavy atom. The van der Waals surface area contributed by atoms with E-state index in [9.17, 15) is 9.90 Å². The Hall–Kier alpha value is -2.53. The number of hydrogen-bond donors (Lipinski definition) is 4. The first-order chi connectivity index (χ1) is 14.9. The van der Waals surface area contributed by atoms with Gasteiger partial charge in [-0.25, -0.2) is 4.99 Å². The van der Waals surface area contributed by atoms with Gasteiger partial charge in [0, 0.05) is 13.1 Å². The average Bonchev–Trinajstić information content (AvgIpc) is 2.74. The number of carbonyl (C=O) groups excluding carboxylic acids is 1. The molecule has 2 aromatic rings. The number of nitrogens with zero attached hydrogens (tertiary/aromatic N) is 1. The second-order valence-electron chi connectivity index (χ2n) is 7.23. The first-order valence-corrected chi connectivity index (χ1v) is 10.3. The molecule has 0 aromatic heterocycles. The van der Waals surface area contributed by atoms with Gasteiger partial charge >= 0.3 is 0 Å². The van der Waals surface area contributed by atoms with Gasteiger partial charge in [0.2, 0.25) is 0 Å². The van der Waals surface area contributed by atoms with E-state index in [-0.39, 0.29) is 36.7 Å². The molecule has 0 heterocycles. The molecule has 8 nitrogen and oxygen atoms in total. The summed E-state index contributed by atoms with van der Waals surface area (Å²) in [5, 5.41) is 16.9. The Bertz CT molecular complexity index is 877. The van der Waals surface area contributed by atoms with Crippen LogP contribution in [0.4, 0.5) is 0 Å². The number of ether oxygens (including phenoxy) is 2. The average molecular weight is 556 g/mol. The van der Waals surface area contributed by atoms with E-state index in [1.54, 1.807) is 6.07 Å². The summed E-state index contributed by atoms with van der Waals surface area (Å²) in [5.74, 6) is 1.34. The summed E-state index contributed by atoms with van der Waals surface area (Å²) in [5.41, 5.74) is 6.79. The molecule has 2 rings (SSSR count). The van der Waals surface area contributed by atoms with E-state index in [2.05, 4.69) is 15.6 Å². The third kappa shape index (κ3) is 10.2. The molecule has 0 aliphatic rings. The molecule has 9 heteroatoms. The van der Waals surface area contributed by atoms with Crippen LogP contribution in [0.2, 0.25) is 0 Å². The number of hydrogen-bond acceptors (Lipinski definition) is 5. The lowest BCUT2D eigenvalue weighted by Crippen LogP contribution is -2.39. The molecule has 0 aliphatic heterocycles. The highest BCUT2D eigenvalue weighted by Crippen LogP contribution is 2.20. The molecule has 0 aliphatic carbocycles. The van der Waals surface area contributed by atoms with Crippen LogP contribution in [-0.4, -0.2) is 42.8 Å². The molecule has 0 spiro atoms. The van der Waals surface area contributed by atoms with Gasteiger partial charge in [0.25, 0.3) is 5.91 Å². The summed E-state index contributed by atoms with van der Waals surface area (Å²) in [6, 6.07) is 14.8. The van der Waals surface area contributed by atoms with Crippen LogP contribution in [0, 0.1) is 0 Å². The lowest BCUT2D eigenvalue weighted by molar-refractivity contribution is -0.119. The van der Waals surface area contributed by atoms with E-state index in [0.717, 1.165) is 16.9 Å². The van der Waals surface area contributed by atoms with Crippen molar-refractivity contribution in [2.45, 2.75) is 39.5 Å². The third-order valence-corrected chi connectivity index (χ3v) is 4.12. The minimum Gasteiger partial charge on any atom is -0.491 e. The quantitative estimate of drug-likeness (QED) is 0.192. The molecule has 0 saturated heterocycles. The zero-order chi connectivity index (χ0) is 22.6. The molecule has 0 bridgehead atoms. The van der Waals surface area contributed by atoms with Crippen molar-refractivity contribution in [3.63, 3.8) is 0 Å². The lowest BCUT2D eigenvalue weighted by Gasteiger charge is -2.17. The molecule has 0 saturated carbocycles. The summed E-state index contributed by atoms with van der Waals surface area (Å²) < 4.78 is 11.0. The SMILES string of the molecule is CCNC(=NCc1cccc(OCC(N)=O)c1)NCC(O)c1cccc(OC(C)C)c1.I. The van der Waals surface area contributed by atoms with E-state index < -0.39 is 12.0 Å². The second-order valence-corrected chi connectivity index (χ2v) is 7.23. The van der Waals surface area contributed by atoms with Gasteiger partial charge in [-0.3, -0.25) is 4.79 Å². The number of carbonyl (C=O) groups is 1. The number of aliphatic hydroxyl groups excluding tert-OH is 1. The van der Waals surface area contributed by atoms with Gasteiger partial charge in [0.15, 0.2) is 12.6 Å². The number of nitrogens with one attached hydrogen (secondary N) is 2. The first-order valence-electron chi connectivity index (χ1n) is 10.3. The molecule has 0 fully saturated rings. The number of benzene rings is 2. The second kappa shape index (κ2) is 14.5. The number of halogens is 1. The minimum absolute atomic E-state index is 0. The molecule has 1 atom stereocenters. The number of primary amides is 1. The zero-order valence-corrected chi connectivity index (χ0v) is 21.0. The molecular weight excluding hydrogens is 523 g/mol. The Kier molecular flexibility index (Phi) is 12.5. The topological polar surface area (TPSA) is 118 Å². The highest BCUT2D eigenvalue weighted by atomic mass is 127. The summed E-state index contributed by atoms with van der Waals surface area (Å²) in [6.45, 7) is 7.10. The molecule has 0 radical (unpaired) electrons. The monoisotopic (exact) mass is 556 g/mol. The highest BCUT2D eigenvalue weighted by Gasteiger charge is 2.10. The van der Waals surface area contributed by atoms with Crippen LogP contribution in [0.15, 0.2) is 53.5 Å². The number of guanidine groups is 1. The zero-order valence-electron chi connectivity index (χ0n) is 18.7. The number of aliphatic imine (C=N–C) groups is 1. The normalized spacial score (nSPS) is 12.0. The number of nitrogens with two attached hydrogens (primary N) is 1. The molecular formula is C23H33IN4O4. The van der Waals surface area contributed by atoms with Gasteiger partial charge in [-0.2, -0.15) is 0 Å². The van der Waals surface area contributed by atoms with Crippen LogP contribution in [0.3, 0.4) is 0 Å². The van der Waals surface area contributed by atoms with Crippen LogP contribution in [0.25, 0.3) is 0 Å². The Morgan fingerprint density at radius 3 is 2.53 bits per heavy atom. The van der Waals surface area contributed by atoms with Crippen LogP contribution in [-0.2, 0) is 11.3 Å². The molecule has 32 heavy (non-hydrogen) atoms.